The summed E-state index contributed by atoms with van der Waals surface area (Å²) in [6.45, 7) is 7.55. The maximum Gasteiger partial charge on any atom is 0.264 e. The first-order valence-corrected chi connectivity index (χ1v) is 15.3. The van der Waals surface area contributed by atoms with Crippen molar-refractivity contribution >= 4 is 50.7 Å². The molecule has 0 aromatic heterocycles. The largest absolute Gasteiger partial charge is 0.354 e. The second-order valence-electron chi connectivity index (χ2n) is 9.70. The minimum atomic E-state index is -4.16. The molecule has 0 spiro atoms. The first kappa shape index (κ1) is 31.5. The van der Waals surface area contributed by atoms with E-state index in [0.717, 1.165) is 33.8 Å². The summed E-state index contributed by atoms with van der Waals surface area (Å²) in [6.07, 6.45) is 1.72. The number of aryl methyl sites for hydroxylation is 2. The molecule has 0 heterocycles. The molecule has 3 aromatic carbocycles. The molecule has 3 rings (SSSR count). The van der Waals surface area contributed by atoms with Gasteiger partial charge in [0, 0.05) is 23.1 Å². The Kier molecular flexibility index (Phi) is 11.0. The van der Waals surface area contributed by atoms with Crippen molar-refractivity contribution in [2.75, 3.05) is 17.4 Å². The Labute approximate surface area is 247 Å². The van der Waals surface area contributed by atoms with Crippen LogP contribution in [0.25, 0.3) is 0 Å². The van der Waals surface area contributed by atoms with Crippen LogP contribution in [0, 0.1) is 13.8 Å². The number of carbonyl (C=O) groups excluding carboxylic acids is 2. The summed E-state index contributed by atoms with van der Waals surface area (Å²) >= 11 is 12.1. The van der Waals surface area contributed by atoms with E-state index in [9.17, 15) is 18.0 Å². The molecule has 0 fully saturated rings. The molecule has 214 valence electrons. The van der Waals surface area contributed by atoms with Crippen LogP contribution in [0.1, 0.15) is 43.4 Å². The Morgan fingerprint density at radius 3 is 2.08 bits per heavy atom. The van der Waals surface area contributed by atoms with E-state index in [4.69, 9.17) is 23.2 Å². The van der Waals surface area contributed by atoms with Gasteiger partial charge in [0.2, 0.25) is 11.8 Å². The van der Waals surface area contributed by atoms with Gasteiger partial charge in [-0.25, -0.2) is 8.42 Å². The zero-order valence-electron chi connectivity index (χ0n) is 23.2. The van der Waals surface area contributed by atoms with Gasteiger partial charge in [0.05, 0.1) is 10.6 Å². The highest BCUT2D eigenvalue weighted by Gasteiger charge is 2.32. The quantitative estimate of drug-likeness (QED) is 0.252. The van der Waals surface area contributed by atoms with Crippen LogP contribution >= 0.6 is 23.2 Å². The molecule has 0 aliphatic carbocycles. The fourth-order valence-corrected chi connectivity index (χ4v) is 5.71. The topological polar surface area (TPSA) is 86.8 Å². The molecule has 0 bridgehead atoms. The number of sulfonamides is 1. The number of carbonyl (C=O) groups is 2. The minimum absolute atomic E-state index is 0.00228. The van der Waals surface area contributed by atoms with Crippen LogP contribution in [-0.2, 0) is 26.2 Å². The third-order valence-electron chi connectivity index (χ3n) is 6.72. The Morgan fingerprint density at radius 1 is 0.900 bits per heavy atom. The monoisotopic (exact) mass is 603 g/mol. The van der Waals surface area contributed by atoms with E-state index in [1.807, 2.05) is 26.8 Å². The van der Waals surface area contributed by atoms with Crippen molar-refractivity contribution in [1.29, 1.82) is 0 Å². The summed E-state index contributed by atoms with van der Waals surface area (Å²) in [5, 5.41) is 3.81. The van der Waals surface area contributed by atoms with E-state index in [1.54, 1.807) is 43.3 Å². The SMILES string of the molecule is CCCCNC(=O)[C@H](C)N(Cc1ccc(Cl)cc1)C(=O)CN(c1ccc(C)c(C)c1)S(=O)(=O)c1ccc(Cl)cc1. The number of unbranched alkanes of at least 4 members (excludes halogenated alkanes) is 1. The standard InChI is InChI=1S/C30H35Cl2N3O4S/c1-5-6-17-33-30(37)23(4)34(19-24-8-10-25(31)11-9-24)29(36)20-35(27-14-7-21(2)22(3)18-27)40(38,39)28-15-12-26(32)13-16-28/h7-16,18,23H,5-6,17,19-20H2,1-4H3,(H,33,37)/t23-/m0/s1. The summed E-state index contributed by atoms with van der Waals surface area (Å²) in [5.74, 6) is -0.835. The van der Waals surface area contributed by atoms with Crippen LogP contribution in [0.3, 0.4) is 0 Å². The predicted molar refractivity (Wildman–Crippen MR) is 161 cm³/mol. The second-order valence-corrected chi connectivity index (χ2v) is 12.4. The van der Waals surface area contributed by atoms with E-state index in [0.29, 0.717) is 22.3 Å². The van der Waals surface area contributed by atoms with Crippen LogP contribution in [0.15, 0.2) is 71.6 Å². The summed E-state index contributed by atoms with van der Waals surface area (Å²) < 4.78 is 28.9. The molecule has 0 radical (unpaired) electrons. The summed E-state index contributed by atoms with van der Waals surface area (Å²) in [7, 11) is -4.16. The molecule has 0 saturated carbocycles. The lowest BCUT2D eigenvalue weighted by atomic mass is 10.1. The summed E-state index contributed by atoms with van der Waals surface area (Å²) in [5.41, 5.74) is 2.96. The Bertz CT molecular complexity index is 1430. The molecule has 0 aliphatic rings. The van der Waals surface area contributed by atoms with Crippen molar-refractivity contribution in [3.8, 4) is 0 Å². The van der Waals surface area contributed by atoms with Crippen LogP contribution in [0.5, 0.6) is 0 Å². The molecule has 1 N–H and O–H groups in total. The molecular formula is C30H35Cl2N3O4S. The average Bonchev–Trinajstić information content (AvgIpc) is 2.92. The van der Waals surface area contributed by atoms with Gasteiger partial charge in [-0.05, 0) is 92.4 Å². The van der Waals surface area contributed by atoms with Crippen LogP contribution in [0.2, 0.25) is 10.0 Å². The number of amides is 2. The second kappa shape index (κ2) is 14.0. The highest BCUT2D eigenvalue weighted by Crippen LogP contribution is 2.27. The van der Waals surface area contributed by atoms with Gasteiger partial charge in [-0.1, -0.05) is 54.7 Å². The van der Waals surface area contributed by atoms with Gasteiger partial charge in [-0.15, -0.1) is 0 Å². The fraction of sp³-hybridized carbons (Fsp3) is 0.333. The van der Waals surface area contributed by atoms with Crippen LogP contribution < -0.4 is 9.62 Å². The fourth-order valence-electron chi connectivity index (χ4n) is 4.05. The van der Waals surface area contributed by atoms with E-state index in [1.165, 1.54) is 29.2 Å². The Hall–Kier alpha value is -3.07. The van der Waals surface area contributed by atoms with Gasteiger partial charge in [0.15, 0.2) is 0 Å². The normalized spacial score (nSPS) is 12.1. The smallest absolute Gasteiger partial charge is 0.264 e. The van der Waals surface area contributed by atoms with Gasteiger partial charge in [0.25, 0.3) is 10.0 Å². The maximum absolute atomic E-state index is 14.0. The van der Waals surface area contributed by atoms with E-state index in [2.05, 4.69) is 5.32 Å². The predicted octanol–water partition coefficient (Wildman–Crippen LogP) is 6.14. The number of benzene rings is 3. The third kappa shape index (κ3) is 7.99. The average molecular weight is 605 g/mol. The summed E-state index contributed by atoms with van der Waals surface area (Å²) in [6, 6.07) is 17.1. The maximum atomic E-state index is 14.0. The minimum Gasteiger partial charge on any atom is -0.354 e. The molecule has 10 heteroatoms. The first-order chi connectivity index (χ1) is 18.9. The Balaban J connectivity index is 2.02. The van der Waals surface area contributed by atoms with E-state index in [-0.39, 0.29) is 17.3 Å². The van der Waals surface area contributed by atoms with Crippen molar-refractivity contribution in [3.63, 3.8) is 0 Å². The number of halogens is 2. The van der Waals surface area contributed by atoms with Crippen LogP contribution in [0.4, 0.5) is 5.69 Å². The van der Waals surface area contributed by atoms with Crippen molar-refractivity contribution in [1.82, 2.24) is 10.2 Å². The van der Waals surface area contributed by atoms with Crippen molar-refractivity contribution in [2.45, 2.75) is 58.0 Å². The van der Waals surface area contributed by atoms with Gasteiger partial charge in [0.1, 0.15) is 12.6 Å². The van der Waals surface area contributed by atoms with Crippen molar-refractivity contribution in [3.05, 3.63) is 93.5 Å². The lowest BCUT2D eigenvalue weighted by Crippen LogP contribution is -2.51. The van der Waals surface area contributed by atoms with Crippen molar-refractivity contribution < 1.29 is 18.0 Å². The van der Waals surface area contributed by atoms with E-state index >= 15 is 0 Å². The zero-order chi connectivity index (χ0) is 29.4. The number of hydrogen-bond acceptors (Lipinski definition) is 4. The van der Waals surface area contributed by atoms with Crippen molar-refractivity contribution in [2.24, 2.45) is 0 Å². The molecule has 0 saturated heterocycles. The van der Waals surface area contributed by atoms with Gasteiger partial charge >= 0.3 is 0 Å². The number of anilines is 1. The molecular weight excluding hydrogens is 569 g/mol. The molecule has 40 heavy (non-hydrogen) atoms. The molecule has 2 amide bonds. The zero-order valence-corrected chi connectivity index (χ0v) is 25.5. The van der Waals surface area contributed by atoms with E-state index < -0.39 is 28.5 Å². The van der Waals surface area contributed by atoms with Gasteiger partial charge in [-0.2, -0.15) is 0 Å². The molecule has 3 aromatic rings. The van der Waals surface area contributed by atoms with Gasteiger partial charge in [-0.3, -0.25) is 13.9 Å². The number of nitrogens with zero attached hydrogens (tertiary/aromatic N) is 2. The lowest BCUT2D eigenvalue weighted by Gasteiger charge is -2.32. The van der Waals surface area contributed by atoms with Crippen LogP contribution in [-0.4, -0.2) is 44.3 Å². The third-order valence-corrected chi connectivity index (χ3v) is 9.01. The summed E-state index contributed by atoms with van der Waals surface area (Å²) in [4.78, 5) is 28.4. The number of hydrogen-bond donors (Lipinski definition) is 1. The Morgan fingerprint density at radius 2 is 1.50 bits per heavy atom. The van der Waals surface area contributed by atoms with Gasteiger partial charge < -0.3 is 10.2 Å². The highest BCUT2D eigenvalue weighted by molar-refractivity contribution is 7.92. The number of nitrogens with one attached hydrogen (secondary N) is 1. The molecule has 1 atom stereocenters. The highest BCUT2D eigenvalue weighted by atomic mass is 35.5. The lowest BCUT2D eigenvalue weighted by molar-refractivity contribution is -0.139. The molecule has 0 unspecified atom stereocenters. The molecule has 7 nitrogen and oxygen atoms in total. The number of rotatable bonds is 12. The molecule has 0 aliphatic heterocycles. The first-order valence-electron chi connectivity index (χ1n) is 13.1.